The average molecular weight is 317 g/mol. The molecule has 23 heavy (non-hydrogen) atoms. The maximum Gasteiger partial charge on any atom is 0.410 e. The molecule has 1 aromatic carbocycles. The fourth-order valence-corrected chi connectivity index (χ4v) is 2.87. The minimum atomic E-state index is -0.449. The third-order valence-corrected chi connectivity index (χ3v) is 4.17. The molecule has 0 N–H and O–H groups in total. The Hall–Kier alpha value is -1.84. The molecule has 1 saturated heterocycles. The van der Waals surface area contributed by atoms with Gasteiger partial charge in [0.25, 0.3) is 0 Å². The van der Waals surface area contributed by atoms with Gasteiger partial charge in [-0.25, -0.2) is 4.79 Å². The van der Waals surface area contributed by atoms with E-state index in [9.17, 15) is 9.59 Å². The number of piperidine rings is 1. The van der Waals surface area contributed by atoms with Crippen molar-refractivity contribution in [3.05, 3.63) is 35.4 Å². The van der Waals surface area contributed by atoms with Crippen molar-refractivity contribution in [3.8, 4) is 0 Å². The molecule has 0 atom stereocenters. The Kier molecular flexibility index (Phi) is 5.45. The topological polar surface area (TPSA) is 46.6 Å². The van der Waals surface area contributed by atoms with Gasteiger partial charge in [0.05, 0.1) is 0 Å². The Bertz CT molecular complexity index is 549. The van der Waals surface area contributed by atoms with E-state index in [-0.39, 0.29) is 11.9 Å². The van der Waals surface area contributed by atoms with Crippen LogP contribution in [0.25, 0.3) is 0 Å². The van der Waals surface area contributed by atoms with E-state index in [0.29, 0.717) is 12.3 Å². The molecule has 4 nitrogen and oxygen atoms in total. The fraction of sp³-hybridized carbons (Fsp3) is 0.579. The van der Waals surface area contributed by atoms with E-state index >= 15 is 0 Å². The molecule has 4 heteroatoms. The number of carbonyl (C=O) groups is 2. The predicted octanol–water partition coefficient (Wildman–Crippen LogP) is 4.39. The second-order valence-electron chi connectivity index (χ2n) is 7.14. The van der Waals surface area contributed by atoms with E-state index in [1.165, 1.54) is 5.56 Å². The van der Waals surface area contributed by atoms with Gasteiger partial charge >= 0.3 is 6.09 Å². The molecule has 1 aliphatic rings. The zero-order valence-electron chi connectivity index (χ0n) is 14.6. The SMILES string of the molecule is CCC(=O)c1ccc(C2CCN(C(=O)OC(C)(C)C)CC2)cc1. The van der Waals surface area contributed by atoms with Crippen molar-refractivity contribution in [1.29, 1.82) is 0 Å². The number of ketones is 1. The molecule has 0 saturated carbocycles. The number of nitrogens with zero attached hydrogens (tertiary/aromatic N) is 1. The number of rotatable bonds is 3. The summed E-state index contributed by atoms with van der Waals surface area (Å²) in [6.45, 7) is 8.97. The molecule has 0 aliphatic carbocycles. The number of Topliss-reactive ketones (excluding diaryl/α,β-unsaturated/α-hetero) is 1. The van der Waals surface area contributed by atoms with E-state index in [4.69, 9.17) is 4.74 Å². The first kappa shape index (κ1) is 17.5. The summed E-state index contributed by atoms with van der Waals surface area (Å²) >= 11 is 0. The maximum absolute atomic E-state index is 12.1. The van der Waals surface area contributed by atoms with Crippen LogP contribution in [-0.2, 0) is 4.74 Å². The maximum atomic E-state index is 12.1. The van der Waals surface area contributed by atoms with Gasteiger partial charge < -0.3 is 9.64 Å². The van der Waals surface area contributed by atoms with Gasteiger partial charge in [0.15, 0.2) is 5.78 Å². The van der Waals surface area contributed by atoms with E-state index < -0.39 is 5.60 Å². The summed E-state index contributed by atoms with van der Waals surface area (Å²) in [6, 6.07) is 7.94. The Balaban J connectivity index is 1.91. The molecule has 0 unspecified atom stereocenters. The zero-order valence-corrected chi connectivity index (χ0v) is 14.6. The molecule has 0 bridgehead atoms. The van der Waals surface area contributed by atoms with Gasteiger partial charge in [-0.1, -0.05) is 31.2 Å². The summed E-state index contributed by atoms with van der Waals surface area (Å²) < 4.78 is 5.42. The summed E-state index contributed by atoms with van der Waals surface area (Å²) in [6.07, 6.45) is 2.17. The van der Waals surface area contributed by atoms with Crippen molar-refractivity contribution in [2.45, 2.75) is 58.5 Å². The fourth-order valence-electron chi connectivity index (χ4n) is 2.87. The van der Waals surface area contributed by atoms with Crippen molar-refractivity contribution in [2.24, 2.45) is 0 Å². The van der Waals surface area contributed by atoms with E-state index in [0.717, 1.165) is 31.5 Å². The summed E-state index contributed by atoms with van der Waals surface area (Å²) in [7, 11) is 0. The number of ether oxygens (including phenoxy) is 1. The number of hydrogen-bond acceptors (Lipinski definition) is 3. The third-order valence-electron chi connectivity index (χ3n) is 4.17. The normalized spacial score (nSPS) is 16.3. The molecule has 0 radical (unpaired) electrons. The zero-order chi connectivity index (χ0) is 17.0. The molecular weight excluding hydrogens is 290 g/mol. The Labute approximate surface area is 138 Å². The van der Waals surface area contributed by atoms with Crippen molar-refractivity contribution in [2.75, 3.05) is 13.1 Å². The third kappa shape index (κ3) is 4.81. The van der Waals surface area contributed by atoms with E-state index in [1.807, 2.05) is 39.8 Å². The van der Waals surface area contributed by atoms with Crippen LogP contribution in [-0.4, -0.2) is 35.5 Å². The molecule has 1 aliphatic heterocycles. The molecule has 1 aromatic rings. The minimum Gasteiger partial charge on any atom is -0.444 e. The van der Waals surface area contributed by atoms with Gasteiger partial charge in [-0.3, -0.25) is 4.79 Å². The van der Waals surface area contributed by atoms with Crippen LogP contribution in [0.15, 0.2) is 24.3 Å². The first-order chi connectivity index (χ1) is 10.8. The van der Waals surface area contributed by atoms with Gasteiger partial charge in [-0.2, -0.15) is 0 Å². The Morgan fingerprint density at radius 1 is 1.13 bits per heavy atom. The first-order valence-corrected chi connectivity index (χ1v) is 8.41. The number of benzene rings is 1. The van der Waals surface area contributed by atoms with E-state index in [2.05, 4.69) is 12.1 Å². The highest BCUT2D eigenvalue weighted by Gasteiger charge is 2.27. The minimum absolute atomic E-state index is 0.177. The van der Waals surface area contributed by atoms with Crippen LogP contribution < -0.4 is 0 Å². The van der Waals surface area contributed by atoms with Crippen molar-refractivity contribution in [1.82, 2.24) is 4.90 Å². The lowest BCUT2D eigenvalue weighted by atomic mass is 9.89. The Morgan fingerprint density at radius 3 is 2.17 bits per heavy atom. The number of amides is 1. The van der Waals surface area contributed by atoms with Gasteiger partial charge in [0.2, 0.25) is 0 Å². The van der Waals surface area contributed by atoms with E-state index in [1.54, 1.807) is 4.90 Å². The van der Waals surface area contributed by atoms with Gasteiger partial charge in [-0.15, -0.1) is 0 Å². The summed E-state index contributed by atoms with van der Waals surface area (Å²) in [5, 5.41) is 0. The second-order valence-corrected chi connectivity index (χ2v) is 7.14. The van der Waals surface area contributed by atoms with Crippen molar-refractivity contribution in [3.63, 3.8) is 0 Å². The first-order valence-electron chi connectivity index (χ1n) is 8.41. The van der Waals surface area contributed by atoms with Gasteiger partial charge in [0.1, 0.15) is 5.60 Å². The summed E-state index contributed by atoms with van der Waals surface area (Å²) in [5.74, 6) is 0.621. The van der Waals surface area contributed by atoms with Crippen LogP contribution in [0.4, 0.5) is 4.79 Å². The standard InChI is InChI=1S/C19H27NO3/c1-5-17(21)16-8-6-14(7-9-16)15-10-12-20(13-11-15)18(22)23-19(2,3)4/h6-9,15H,5,10-13H2,1-4H3. The molecule has 1 heterocycles. The monoisotopic (exact) mass is 317 g/mol. The van der Waals surface area contributed by atoms with Crippen LogP contribution in [0.3, 0.4) is 0 Å². The summed E-state index contributed by atoms with van der Waals surface area (Å²) in [4.78, 5) is 25.5. The Morgan fingerprint density at radius 2 is 1.70 bits per heavy atom. The molecule has 1 fully saturated rings. The number of carbonyl (C=O) groups excluding carboxylic acids is 2. The quantitative estimate of drug-likeness (QED) is 0.777. The lowest BCUT2D eigenvalue weighted by Gasteiger charge is -2.33. The highest BCUT2D eigenvalue weighted by atomic mass is 16.6. The van der Waals surface area contributed by atoms with Crippen LogP contribution in [0.5, 0.6) is 0 Å². The second kappa shape index (κ2) is 7.16. The average Bonchev–Trinajstić information content (AvgIpc) is 2.53. The lowest BCUT2D eigenvalue weighted by Crippen LogP contribution is -2.41. The van der Waals surface area contributed by atoms with Crippen LogP contribution in [0.2, 0.25) is 0 Å². The summed E-state index contributed by atoms with van der Waals surface area (Å²) in [5.41, 5.74) is 1.58. The highest BCUT2D eigenvalue weighted by molar-refractivity contribution is 5.95. The smallest absolute Gasteiger partial charge is 0.410 e. The molecular formula is C19H27NO3. The molecule has 126 valence electrons. The molecule has 0 spiro atoms. The molecule has 1 amide bonds. The molecule has 2 rings (SSSR count). The van der Waals surface area contributed by atoms with Crippen molar-refractivity contribution < 1.29 is 14.3 Å². The van der Waals surface area contributed by atoms with Crippen molar-refractivity contribution >= 4 is 11.9 Å². The van der Waals surface area contributed by atoms with Crippen LogP contribution in [0, 0.1) is 0 Å². The molecule has 0 aromatic heterocycles. The van der Waals surface area contributed by atoms with Gasteiger partial charge in [0, 0.05) is 25.1 Å². The largest absolute Gasteiger partial charge is 0.444 e. The van der Waals surface area contributed by atoms with Crippen LogP contribution in [0.1, 0.15) is 68.8 Å². The van der Waals surface area contributed by atoms with Crippen LogP contribution >= 0.6 is 0 Å². The predicted molar refractivity (Wildman–Crippen MR) is 90.8 cm³/mol. The number of hydrogen-bond donors (Lipinski definition) is 0. The number of likely N-dealkylation sites (tertiary alicyclic amines) is 1. The van der Waals surface area contributed by atoms with Gasteiger partial charge in [-0.05, 0) is 45.1 Å². The lowest BCUT2D eigenvalue weighted by molar-refractivity contribution is 0.0204. The highest BCUT2D eigenvalue weighted by Crippen LogP contribution is 2.29.